The zero-order valence-electron chi connectivity index (χ0n) is 18.1. The molecule has 9 heteroatoms. The second-order valence-corrected chi connectivity index (χ2v) is 7.61. The third-order valence-corrected chi connectivity index (χ3v) is 5.55. The number of nitrogens with zero attached hydrogens (tertiary/aromatic N) is 1. The number of benzene rings is 2. The van der Waals surface area contributed by atoms with Crippen molar-refractivity contribution in [1.29, 1.82) is 0 Å². The standard InChI is InChI=1S/C23H23NO7S/c1-27-19-11-16(12-20(28-2)22(19)30-4)9-8-15-6-5-7-17(10-15)31-14-18-13-21(29-3)23(32-18)24(25)26/h5-13H,14H2,1-4H3. The van der Waals surface area contributed by atoms with Gasteiger partial charge in [-0.1, -0.05) is 35.6 Å². The summed E-state index contributed by atoms with van der Waals surface area (Å²) in [6.07, 6.45) is 3.86. The summed E-state index contributed by atoms with van der Waals surface area (Å²) in [5, 5.41) is 11.0. The molecule has 0 saturated heterocycles. The van der Waals surface area contributed by atoms with Crippen LogP contribution in [0.15, 0.2) is 42.5 Å². The van der Waals surface area contributed by atoms with Gasteiger partial charge in [0.1, 0.15) is 12.4 Å². The Morgan fingerprint density at radius 3 is 2.09 bits per heavy atom. The molecule has 0 fully saturated rings. The molecule has 0 aliphatic rings. The van der Waals surface area contributed by atoms with Crippen molar-refractivity contribution in [2.24, 2.45) is 0 Å². The predicted octanol–water partition coefficient (Wildman–Crippen LogP) is 5.44. The second-order valence-electron chi connectivity index (χ2n) is 6.50. The van der Waals surface area contributed by atoms with Crippen molar-refractivity contribution in [1.82, 2.24) is 0 Å². The number of hydrogen-bond donors (Lipinski definition) is 0. The largest absolute Gasteiger partial charge is 0.493 e. The first kappa shape index (κ1) is 23.0. The van der Waals surface area contributed by atoms with E-state index in [2.05, 4.69) is 0 Å². The van der Waals surface area contributed by atoms with Gasteiger partial charge in [0.15, 0.2) is 11.5 Å². The normalized spacial score (nSPS) is 10.8. The SMILES string of the molecule is COc1cc(COc2cccc(C=Cc3cc(OC)c(OC)c(OC)c3)c2)sc1[N+](=O)[O-]. The van der Waals surface area contributed by atoms with Gasteiger partial charge in [-0.2, -0.15) is 0 Å². The maximum absolute atomic E-state index is 11.1. The monoisotopic (exact) mass is 457 g/mol. The van der Waals surface area contributed by atoms with E-state index < -0.39 is 4.92 Å². The Hall–Kier alpha value is -3.72. The van der Waals surface area contributed by atoms with Crippen LogP contribution < -0.4 is 23.7 Å². The first-order chi connectivity index (χ1) is 15.5. The first-order valence-electron chi connectivity index (χ1n) is 9.51. The van der Waals surface area contributed by atoms with Gasteiger partial charge >= 0.3 is 5.00 Å². The summed E-state index contributed by atoms with van der Waals surface area (Å²) in [5.41, 5.74) is 1.80. The average Bonchev–Trinajstić information content (AvgIpc) is 3.24. The number of rotatable bonds is 10. The summed E-state index contributed by atoms with van der Waals surface area (Å²) in [6.45, 7) is 0.203. The van der Waals surface area contributed by atoms with E-state index in [0.29, 0.717) is 27.9 Å². The Morgan fingerprint density at radius 2 is 1.53 bits per heavy atom. The molecule has 0 N–H and O–H groups in total. The topological polar surface area (TPSA) is 89.3 Å². The van der Waals surface area contributed by atoms with Crippen LogP contribution in [-0.4, -0.2) is 33.4 Å². The molecule has 0 aliphatic heterocycles. The van der Waals surface area contributed by atoms with E-state index in [9.17, 15) is 10.1 Å². The number of ether oxygens (including phenoxy) is 5. The summed E-state index contributed by atoms with van der Waals surface area (Å²) in [6, 6.07) is 12.9. The Morgan fingerprint density at radius 1 is 0.875 bits per heavy atom. The third-order valence-electron chi connectivity index (χ3n) is 4.51. The van der Waals surface area contributed by atoms with Crippen molar-refractivity contribution in [3.05, 3.63) is 68.6 Å². The van der Waals surface area contributed by atoms with E-state index in [1.54, 1.807) is 27.4 Å². The number of nitro groups is 1. The summed E-state index contributed by atoms with van der Waals surface area (Å²) < 4.78 is 27.0. The predicted molar refractivity (Wildman–Crippen MR) is 123 cm³/mol. The van der Waals surface area contributed by atoms with Crippen LogP contribution in [0.2, 0.25) is 0 Å². The lowest BCUT2D eigenvalue weighted by molar-refractivity contribution is -0.381. The second kappa shape index (κ2) is 10.5. The van der Waals surface area contributed by atoms with E-state index in [1.807, 2.05) is 48.6 Å². The Labute approximate surface area is 189 Å². The van der Waals surface area contributed by atoms with Crippen molar-refractivity contribution in [3.8, 4) is 28.7 Å². The molecule has 1 aromatic heterocycles. The molecule has 0 saturated carbocycles. The van der Waals surface area contributed by atoms with Crippen LogP contribution in [0.5, 0.6) is 28.7 Å². The molecule has 0 aliphatic carbocycles. The highest BCUT2D eigenvalue weighted by Gasteiger charge is 2.20. The lowest BCUT2D eigenvalue weighted by atomic mass is 10.1. The van der Waals surface area contributed by atoms with Crippen molar-refractivity contribution >= 4 is 28.5 Å². The van der Waals surface area contributed by atoms with Crippen LogP contribution >= 0.6 is 11.3 Å². The van der Waals surface area contributed by atoms with Crippen LogP contribution in [0.25, 0.3) is 12.2 Å². The van der Waals surface area contributed by atoms with Gasteiger partial charge in [0, 0.05) is 6.07 Å². The molecule has 1 heterocycles. The van der Waals surface area contributed by atoms with Gasteiger partial charge in [0.25, 0.3) is 0 Å². The molecule has 0 unspecified atom stereocenters. The zero-order valence-corrected chi connectivity index (χ0v) is 18.9. The summed E-state index contributed by atoms with van der Waals surface area (Å²) in [4.78, 5) is 11.3. The van der Waals surface area contributed by atoms with Gasteiger partial charge in [-0.05, 0) is 35.4 Å². The lowest BCUT2D eigenvalue weighted by Crippen LogP contribution is -1.95. The maximum Gasteiger partial charge on any atom is 0.366 e. The molecular formula is C23H23NO7S. The molecule has 0 bridgehead atoms. The van der Waals surface area contributed by atoms with Gasteiger partial charge in [-0.25, -0.2) is 0 Å². The number of methoxy groups -OCH3 is 4. The fraction of sp³-hybridized carbons (Fsp3) is 0.217. The molecule has 2 aromatic carbocycles. The van der Waals surface area contributed by atoms with Crippen LogP contribution in [0, 0.1) is 10.1 Å². The average molecular weight is 458 g/mol. The van der Waals surface area contributed by atoms with Gasteiger partial charge < -0.3 is 23.7 Å². The quantitative estimate of drug-likeness (QED) is 0.227. The van der Waals surface area contributed by atoms with Crippen molar-refractivity contribution in [2.45, 2.75) is 6.61 Å². The molecule has 0 spiro atoms. The van der Waals surface area contributed by atoms with Gasteiger partial charge in [0.2, 0.25) is 11.5 Å². The highest BCUT2D eigenvalue weighted by Crippen LogP contribution is 2.39. The molecular weight excluding hydrogens is 434 g/mol. The van der Waals surface area contributed by atoms with Gasteiger partial charge in [-0.15, -0.1) is 0 Å². The lowest BCUT2D eigenvalue weighted by Gasteiger charge is -2.12. The molecule has 0 radical (unpaired) electrons. The molecule has 0 amide bonds. The Kier molecular flexibility index (Phi) is 7.56. The van der Waals surface area contributed by atoms with Crippen molar-refractivity contribution < 1.29 is 28.6 Å². The van der Waals surface area contributed by atoms with Gasteiger partial charge in [-0.3, -0.25) is 10.1 Å². The van der Waals surface area contributed by atoms with Crippen LogP contribution in [0.4, 0.5) is 5.00 Å². The summed E-state index contributed by atoms with van der Waals surface area (Å²) in [7, 11) is 6.11. The third kappa shape index (κ3) is 5.30. The molecule has 3 aromatic rings. The van der Waals surface area contributed by atoms with Crippen molar-refractivity contribution in [2.75, 3.05) is 28.4 Å². The number of hydrogen-bond acceptors (Lipinski definition) is 8. The summed E-state index contributed by atoms with van der Waals surface area (Å²) in [5.74, 6) is 2.56. The van der Waals surface area contributed by atoms with E-state index in [0.717, 1.165) is 22.5 Å². The fourth-order valence-electron chi connectivity index (χ4n) is 3.01. The van der Waals surface area contributed by atoms with Crippen LogP contribution in [-0.2, 0) is 6.61 Å². The maximum atomic E-state index is 11.1. The van der Waals surface area contributed by atoms with E-state index in [-0.39, 0.29) is 17.4 Å². The van der Waals surface area contributed by atoms with E-state index in [1.165, 1.54) is 7.11 Å². The molecule has 0 atom stereocenters. The highest BCUT2D eigenvalue weighted by molar-refractivity contribution is 7.15. The zero-order chi connectivity index (χ0) is 23.1. The van der Waals surface area contributed by atoms with E-state index >= 15 is 0 Å². The minimum Gasteiger partial charge on any atom is -0.493 e. The van der Waals surface area contributed by atoms with Crippen LogP contribution in [0.1, 0.15) is 16.0 Å². The minimum absolute atomic E-state index is 0.0341. The Bertz CT molecular complexity index is 1100. The fourth-order valence-corrected chi connectivity index (χ4v) is 3.86. The van der Waals surface area contributed by atoms with E-state index in [4.69, 9.17) is 23.7 Å². The molecule has 8 nitrogen and oxygen atoms in total. The van der Waals surface area contributed by atoms with Crippen LogP contribution in [0.3, 0.4) is 0 Å². The smallest absolute Gasteiger partial charge is 0.366 e. The minimum atomic E-state index is -0.457. The van der Waals surface area contributed by atoms with Crippen molar-refractivity contribution in [3.63, 3.8) is 0 Å². The van der Waals surface area contributed by atoms with Gasteiger partial charge in [0.05, 0.1) is 38.2 Å². The Balaban J connectivity index is 1.74. The molecule has 3 rings (SSSR count). The molecule has 168 valence electrons. The molecule has 32 heavy (non-hydrogen) atoms. The first-order valence-corrected chi connectivity index (χ1v) is 10.3. The summed E-state index contributed by atoms with van der Waals surface area (Å²) >= 11 is 1.04. The highest BCUT2D eigenvalue weighted by atomic mass is 32.1. The number of thiophene rings is 1.